The number of nitrogens with zero attached hydrogens (tertiary/aromatic N) is 1. The zero-order valence-electron chi connectivity index (χ0n) is 12.3. The van der Waals surface area contributed by atoms with E-state index in [1.807, 2.05) is 0 Å². The monoisotopic (exact) mass is 329 g/mol. The molecule has 0 bridgehead atoms. The minimum atomic E-state index is -3.92. The fourth-order valence-corrected chi connectivity index (χ4v) is 3.69. The van der Waals surface area contributed by atoms with Gasteiger partial charge in [-0.15, -0.1) is 0 Å². The first-order valence-electron chi connectivity index (χ1n) is 7.10. The number of hydrogen-bond acceptors (Lipinski definition) is 3. The molecule has 1 fully saturated rings. The molecule has 1 aliphatic heterocycles. The zero-order chi connectivity index (χ0) is 15.7. The average molecular weight is 330 g/mol. The lowest BCUT2D eigenvalue weighted by Crippen LogP contribution is -2.42. The van der Waals surface area contributed by atoms with Crippen LogP contribution in [0.1, 0.15) is 43.5 Å². The molecular weight excluding hydrogens is 310 g/mol. The Morgan fingerprint density at radius 1 is 1.29 bits per heavy atom. The van der Waals surface area contributed by atoms with Gasteiger partial charge in [-0.3, -0.25) is 4.79 Å². The van der Waals surface area contributed by atoms with E-state index in [1.54, 1.807) is 17.0 Å². The van der Waals surface area contributed by atoms with Crippen molar-refractivity contribution in [3.8, 4) is 0 Å². The van der Waals surface area contributed by atoms with Crippen molar-refractivity contribution in [2.45, 2.75) is 38.0 Å². The number of halogens is 1. The number of likely N-dealkylation sites (tertiary alicyclic amines) is 1. The Bertz CT molecular complexity index is 634. The van der Waals surface area contributed by atoms with E-state index in [4.69, 9.17) is 10.7 Å². The summed E-state index contributed by atoms with van der Waals surface area (Å²) in [6, 6.07) is 6.11. The second-order valence-electron chi connectivity index (χ2n) is 5.89. The van der Waals surface area contributed by atoms with Gasteiger partial charge < -0.3 is 4.90 Å². The molecule has 0 unspecified atom stereocenters. The highest BCUT2D eigenvalue weighted by atomic mass is 35.7. The van der Waals surface area contributed by atoms with Crippen LogP contribution in [-0.2, 0) is 9.05 Å². The summed E-state index contributed by atoms with van der Waals surface area (Å²) >= 11 is 0. The van der Waals surface area contributed by atoms with Crippen LogP contribution in [0.2, 0.25) is 0 Å². The van der Waals surface area contributed by atoms with Gasteiger partial charge in [-0.1, -0.05) is 32.4 Å². The number of rotatable bonds is 3. The first-order chi connectivity index (χ1) is 9.77. The van der Waals surface area contributed by atoms with Crippen molar-refractivity contribution in [3.05, 3.63) is 29.8 Å². The van der Waals surface area contributed by atoms with E-state index >= 15 is 0 Å². The molecule has 6 heteroatoms. The zero-order valence-corrected chi connectivity index (χ0v) is 13.9. The summed E-state index contributed by atoms with van der Waals surface area (Å²) in [7, 11) is 1.50. The van der Waals surface area contributed by atoms with Crippen molar-refractivity contribution in [1.82, 2.24) is 4.90 Å². The van der Waals surface area contributed by atoms with Gasteiger partial charge in [-0.05, 0) is 30.4 Å². The molecule has 4 nitrogen and oxygen atoms in total. The predicted octanol–water partition coefficient (Wildman–Crippen LogP) is 3.27. The van der Waals surface area contributed by atoms with Gasteiger partial charge >= 0.3 is 0 Å². The van der Waals surface area contributed by atoms with Crippen molar-refractivity contribution in [1.29, 1.82) is 0 Å². The SMILES string of the molecule is CCC1(C)CCN(C(=O)c2ccccc2S(=O)(=O)Cl)CC1. The van der Waals surface area contributed by atoms with E-state index in [0.29, 0.717) is 13.1 Å². The smallest absolute Gasteiger partial charge is 0.262 e. The summed E-state index contributed by atoms with van der Waals surface area (Å²) < 4.78 is 23.2. The molecule has 0 aromatic heterocycles. The number of hydrogen-bond donors (Lipinski definition) is 0. The highest BCUT2D eigenvalue weighted by Crippen LogP contribution is 2.34. The molecule has 0 spiro atoms. The number of benzene rings is 1. The molecule has 1 amide bonds. The number of carbonyl (C=O) groups excluding carboxylic acids is 1. The molecule has 0 atom stereocenters. The summed E-state index contributed by atoms with van der Waals surface area (Å²) in [5, 5.41) is 0. The molecule has 1 aliphatic rings. The fraction of sp³-hybridized carbons (Fsp3) is 0.533. The van der Waals surface area contributed by atoms with Crippen LogP contribution in [0.25, 0.3) is 0 Å². The molecule has 1 aromatic rings. The molecule has 1 heterocycles. The normalized spacial score (nSPS) is 18.5. The Hall–Kier alpha value is -1.07. The Labute approximate surface area is 130 Å². The first-order valence-corrected chi connectivity index (χ1v) is 9.41. The third kappa shape index (κ3) is 3.58. The lowest BCUT2D eigenvalue weighted by atomic mass is 9.78. The lowest BCUT2D eigenvalue weighted by molar-refractivity contribution is 0.0596. The summed E-state index contributed by atoms with van der Waals surface area (Å²) in [5.41, 5.74) is 0.432. The van der Waals surface area contributed by atoms with E-state index in [9.17, 15) is 13.2 Å². The van der Waals surface area contributed by atoms with Gasteiger partial charge in [0.25, 0.3) is 15.0 Å². The molecule has 2 rings (SSSR count). The Morgan fingerprint density at radius 2 is 1.86 bits per heavy atom. The van der Waals surface area contributed by atoms with Gasteiger partial charge in [0.15, 0.2) is 0 Å². The largest absolute Gasteiger partial charge is 0.339 e. The van der Waals surface area contributed by atoms with Crippen molar-refractivity contribution in [3.63, 3.8) is 0 Å². The fourth-order valence-electron chi connectivity index (χ4n) is 2.63. The van der Waals surface area contributed by atoms with Crippen LogP contribution in [0.4, 0.5) is 0 Å². The number of amides is 1. The molecule has 116 valence electrons. The van der Waals surface area contributed by atoms with Crippen molar-refractivity contribution in [2.75, 3.05) is 13.1 Å². The van der Waals surface area contributed by atoms with E-state index < -0.39 is 9.05 Å². The Balaban J connectivity index is 2.23. The van der Waals surface area contributed by atoms with E-state index in [2.05, 4.69) is 13.8 Å². The molecule has 1 aromatic carbocycles. The average Bonchev–Trinajstić information content (AvgIpc) is 2.46. The molecule has 0 N–H and O–H groups in total. The number of carbonyl (C=O) groups is 1. The third-order valence-corrected chi connectivity index (χ3v) is 5.87. The van der Waals surface area contributed by atoms with E-state index in [-0.39, 0.29) is 21.8 Å². The van der Waals surface area contributed by atoms with Crippen LogP contribution in [-0.4, -0.2) is 32.3 Å². The molecule has 1 saturated heterocycles. The minimum absolute atomic E-state index is 0.111. The molecule has 0 aliphatic carbocycles. The standard InChI is InChI=1S/C15H20ClNO3S/c1-3-15(2)8-10-17(11-9-15)14(18)12-6-4-5-7-13(12)21(16,19)20/h4-7H,3,8-11H2,1-2H3. The van der Waals surface area contributed by atoms with Gasteiger partial charge in [0, 0.05) is 23.8 Å². The molecular formula is C15H20ClNO3S. The first kappa shape index (κ1) is 16.3. The van der Waals surface area contributed by atoms with Gasteiger partial charge in [0.05, 0.1) is 10.5 Å². The second-order valence-corrected chi connectivity index (χ2v) is 8.42. The summed E-state index contributed by atoms with van der Waals surface area (Å²) in [5.74, 6) is -0.257. The molecule has 21 heavy (non-hydrogen) atoms. The Morgan fingerprint density at radius 3 is 2.38 bits per heavy atom. The van der Waals surface area contributed by atoms with Gasteiger partial charge in [-0.25, -0.2) is 8.42 Å². The van der Waals surface area contributed by atoms with Crippen molar-refractivity contribution >= 4 is 25.6 Å². The summed E-state index contributed by atoms with van der Waals surface area (Å²) in [6.07, 6.45) is 2.96. The molecule has 0 saturated carbocycles. The predicted molar refractivity (Wildman–Crippen MR) is 83.0 cm³/mol. The van der Waals surface area contributed by atoms with Crippen LogP contribution in [0, 0.1) is 5.41 Å². The summed E-state index contributed by atoms with van der Waals surface area (Å²) in [6.45, 7) is 5.69. The van der Waals surface area contributed by atoms with Crippen LogP contribution in [0.3, 0.4) is 0 Å². The number of piperidine rings is 1. The molecule has 0 radical (unpaired) electrons. The topological polar surface area (TPSA) is 54.5 Å². The van der Waals surface area contributed by atoms with Crippen LogP contribution >= 0.6 is 10.7 Å². The van der Waals surface area contributed by atoms with Gasteiger partial charge in [0.1, 0.15) is 0 Å². The van der Waals surface area contributed by atoms with E-state index in [0.717, 1.165) is 19.3 Å². The Kier molecular flexibility index (Phi) is 4.63. The highest BCUT2D eigenvalue weighted by Gasteiger charge is 2.32. The minimum Gasteiger partial charge on any atom is -0.339 e. The van der Waals surface area contributed by atoms with Crippen LogP contribution in [0.5, 0.6) is 0 Å². The van der Waals surface area contributed by atoms with E-state index in [1.165, 1.54) is 12.1 Å². The van der Waals surface area contributed by atoms with Crippen LogP contribution < -0.4 is 0 Å². The van der Waals surface area contributed by atoms with Crippen LogP contribution in [0.15, 0.2) is 29.2 Å². The third-order valence-electron chi connectivity index (χ3n) is 4.49. The quantitative estimate of drug-likeness (QED) is 0.800. The maximum Gasteiger partial charge on any atom is 0.262 e. The summed E-state index contributed by atoms with van der Waals surface area (Å²) in [4.78, 5) is 14.2. The maximum absolute atomic E-state index is 12.6. The highest BCUT2D eigenvalue weighted by molar-refractivity contribution is 8.13. The van der Waals surface area contributed by atoms with Gasteiger partial charge in [0.2, 0.25) is 0 Å². The van der Waals surface area contributed by atoms with Crippen molar-refractivity contribution in [2.24, 2.45) is 5.41 Å². The maximum atomic E-state index is 12.6. The van der Waals surface area contributed by atoms with Crippen molar-refractivity contribution < 1.29 is 13.2 Å². The second kappa shape index (κ2) is 5.97. The lowest BCUT2D eigenvalue weighted by Gasteiger charge is -2.39. The van der Waals surface area contributed by atoms with Gasteiger partial charge in [-0.2, -0.15) is 0 Å².